The lowest BCUT2D eigenvalue weighted by atomic mass is 10.3. The Kier molecular flexibility index (Phi) is 2.70. The van der Waals surface area contributed by atoms with E-state index in [0.717, 1.165) is 0 Å². The second-order valence-corrected chi connectivity index (χ2v) is 2.51. The number of ether oxygens (including phenoxy) is 2. The van der Waals surface area contributed by atoms with Crippen LogP contribution in [0.2, 0.25) is 0 Å². The van der Waals surface area contributed by atoms with Crippen LogP contribution < -0.4 is 0 Å². The topological polar surface area (TPSA) is 46.8 Å². The molecule has 1 aliphatic rings. The van der Waals surface area contributed by atoms with Crippen molar-refractivity contribution in [2.75, 3.05) is 0 Å². The first-order chi connectivity index (χ1) is 5.65. The molecule has 4 heteroatoms. The van der Waals surface area contributed by atoms with Gasteiger partial charge in [-0.1, -0.05) is 0 Å². The summed E-state index contributed by atoms with van der Waals surface area (Å²) in [4.78, 5) is 10.9. The monoisotopic (exact) mass is 172 g/mol. The first kappa shape index (κ1) is 9.06. The quantitative estimate of drug-likeness (QED) is 0.251. The Morgan fingerprint density at radius 3 is 2.83 bits per heavy atom. The Bertz CT molecular complexity index is 199. The predicted molar refractivity (Wildman–Crippen MR) is 41.1 cm³/mol. The Morgan fingerprint density at radius 1 is 1.58 bits per heavy atom. The molecule has 1 aliphatic heterocycles. The minimum absolute atomic E-state index is 0.338. The molecule has 0 saturated carbocycles. The van der Waals surface area contributed by atoms with Gasteiger partial charge >= 0.3 is 12.3 Å². The number of hydrogen-bond acceptors (Lipinski definition) is 3. The molecular weight excluding hydrogens is 160 g/mol. The molecule has 0 aromatic rings. The van der Waals surface area contributed by atoms with Crippen molar-refractivity contribution in [2.45, 2.75) is 33.0 Å². The summed E-state index contributed by atoms with van der Waals surface area (Å²) in [6.07, 6.45) is 0.822. The third-order valence-corrected chi connectivity index (χ3v) is 1.48. The summed E-state index contributed by atoms with van der Waals surface area (Å²) in [6.45, 7) is 5.04. The fourth-order valence-electron chi connectivity index (χ4n) is 0.876. The summed E-state index contributed by atoms with van der Waals surface area (Å²) in [7, 11) is 0. The summed E-state index contributed by atoms with van der Waals surface area (Å²) in [6, 6.07) is 0. The zero-order valence-corrected chi connectivity index (χ0v) is 7.37. The number of carbonyl (C=O) groups is 1. The van der Waals surface area contributed by atoms with Crippen LogP contribution >= 0.6 is 0 Å². The van der Waals surface area contributed by atoms with Crippen molar-refractivity contribution in [1.82, 2.24) is 0 Å². The van der Waals surface area contributed by atoms with Gasteiger partial charge in [-0.3, -0.25) is 0 Å². The van der Waals surface area contributed by atoms with E-state index in [1.54, 1.807) is 20.8 Å². The number of rotatable bonds is 1. The highest BCUT2D eigenvalue weighted by molar-refractivity contribution is 5.75. The summed E-state index contributed by atoms with van der Waals surface area (Å²) in [5, 5.41) is 0. The first-order valence-corrected chi connectivity index (χ1v) is 3.83. The van der Waals surface area contributed by atoms with Crippen LogP contribution in [0.3, 0.4) is 0 Å². The predicted octanol–water partition coefficient (Wildman–Crippen LogP) is 0.581. The van der Waals surface area contributed by atoms with Crippen LogP contribution in [0.4, 0.5) is 0 Å². The van der Waals surface area contributed by atoms with Crippen molar-refractivity contribution in [3.05, 3.63) is 6.29 Å². The van der Waals surface area contributed by atoms with Crippen LogP contribution in [0.15, 0.2) is 0 Å². The molecule has 68 valence electrons. The standard InChI is InChI=1S/C8H12O4/c1-4-10-8-6(3)11-7(9)5(2)12-8/h4-6H,1-3H3. The summed E-state index contributed by atoms with van der Waals surface area (Å²) in [5.41, 5.74) is 0. The molecule has 12 heavy (non-hydrogen) atoms. The molecule has 0 radical (unpaired) electrons. The van der Waals surface area contributed by atoms with E-state index in [1.807, 2.05) is 0 Å². The summed E-state index contributed by atoms with van der Waals surface area (Å²) >= 11 is 0. The normalized spacial score (nSPS) is 30.9. The van der Waals surface area contributed by atoms with Crippen molar-refractivity contribution < 1.29 is 18.7 Å². The van der Waals surface area contributed by atoms with Crippen LogP contribution in [0, 0.1) is 6.29 Å². The second kappa shape index (κ2) is 3.58. The van der Waals surface area contributed by atoms with Crippen LogP contribution in [-0.4, -0.2) is 24.5 Å². The average molecular weight is 172 g/mol. The van der Waals surface area contributed by atoms with Crippen LogP contribution in [0.1, 0.15) is 20.8 Å². The molecule has 2 atom stereocenters. The molecule has 0 amide bonds. The van der Waals surface area contributed by atoms with Gasteiger partial charge in [0.2, 0.25) is 0 Å². The molecule has 0 bridgehead atoms. The molecule has 2 unspecified atom stereocenters. The maximum atomic E-state index is 10.9. The lowest BCUT2D eigenvalue weighted by molar-refractivity contribution is -0.509. The fraction of sp³-hybridized carbons (Fsp3) is 0.625. The van der Waals surface area contributed by atoms with Crippen molar-refractivity contribution >= 4 is 12.3 Å². The highest BCUT2D eigenvalue weighted by Crippen LogP contribution is 2.20. The minimum atomic E-state index is -0.573. The van der Waals surface area contributed by atoms with Gasteiger partial charge in [0.1, 0.15) is 12.4 Å². The van der Waals surface area contributed by atoms with E-state index in [9.17, 15) is 4.79 Å². The highest BCUT2D eigenvalue weighted by Gasteiger charge is 2.35. The number of aldehydes is 1. The third-order valence-electron chi connectivity index (χ3n) is 1.48. The lowest BCUT2D eigenvalue weighted by Gasteiger charge is -2.27. The van der Waals surface area contributed by atoms with Gasteiger partial charge in [0.15, 0.2) is 6.10 Å². The van der Waals surface area contributed by atoms with Crippen LogP contribution in [0.25, 0.3) is 0 Å². The molecular formula is C8H12O4. The zero-order chi connectivity index (χ0) is 9.14. The van der Waals surface area contributed by atoms with Gasteiger partial charge in [0.05, 0.1) is 0 Å². The van der Waals surface area contributed by atoms with Gasteiger partial charge < -0.3 is 13.9 Å². The van der Waals surface area contributed by atoms with E-state index >= 15 is 0 Å². The molecule has 0 aromatic carbocycles. The molecule has 1 fully saturated rings. The average Bonchev–Trinajstić information content (AvgIpc) is 2.01. The molecule has 0 spiro atoms. The minimum Gasteiger partial charge on any atom is -0.463 e. The molecule has 4 nitrogen and oxygen atoms in total. The van der Waals surface area contributed by atoms with Crippen LogP contribution in [0.5, 0.6) is 0 Å². The number of cyclic esters (lactones) is 1. The molecule has 1 rings (SSSR count). The summed E-state index contributed by atoms with van der Waals surface area (Å²) < 4.78 is 15.1. The van der Waals surface area contributed by atoms with Crippen molar-refractivity contribution in [2.24, 2.45) is 0 Å². The van der Waals surface area contributed by atoms with Crippen molar-refractivity contribution in [3.8, 4) is 0 Å². The lowest BCUT2D eigenvalue weighted by Crippen LogP contribution is -2.39. The highest BCUT2D eigenvalue weighted by atomic mass is 16.7. The maximum Gasteiger partial charge on any atom is 0.333 e. The van der Waals surface area contributed by atoms with E-state index in [0.29, 0.717) is 6.29 Å². The zero-order valence-electron chi connectivity index (χ0n) is 7.37. The number of carbonyl (C=O) groups excluding carboxylic acids is 2. The third kappa shape index (κ3) is 1.76. The SMILES string of the molecule is CC=[O+][C-]1OC(C)C(=O)OC1C. The number of esters is 1. The summed E-state index contributed by atoms with van der Waals surface area (Å²) in [5.74, 6) is -0.356. The van der Waals surface area contributed by atoms with Gasteiger partial charge in [0, 0.05) is 0 Å². The Hall–Kier alpha value is -1.03. The molecule has 0 N–H and O–H groups in total. The van der Waals surface area contributed by atoms with Crippen molar-refractivity contribution in [3.63, 3.8) is 0 Å². The van der Waals surface area contributed by atoms with E-state index in [1.165, 1.54) is 6.29 Å². The fourth-order valence-corrected chi connectivity index (χ4v) is 0.876. The van der Waals surface area contributed by atoms with E-state index in [-0.39, 0.29) is 5.97 Å². The van der Waals surface area contributed by atoms with Crippen LogP contribution in [-0.2, 0) is 18.7 Å². The van der Waals surface area contributed by atoms with Gasteiger partial charge in [0.25, 0.3) is 0 Å². The van der Waals surface area contributed by atoms with Gasteiger partial charge in [-0.15, -0.1) is 0 Å². The Morgan fingerprint density at radius 2 is 2.25 bits per heavy atom. The largest absolute Gasteiger partial charge is 0.463 e. The molecule has 1 heterocycles. The Balaban J connectivity index is 2.61. The van der Waals surface area contributed by atoms with E-state index in [2.05, 4.69) is 0 Å². The molecule has 0 aliphatic carbocycles. The van der Waals surface area contributed by atoms with Gasteiger partial charge in [-0.25, -0.2) is 4.79 Å². The van der Waals surface area contributed by atoms with Gasteiger partial charge in [-0.05, 0) is 20.8 Å². The van der Waals surface area contributed by atoms with Gasteiger partial charge in [-0.2, -0.15) is 0 Å². The van der Waals surface area contributed by atoms with Crippen molar-refractivity contribution in [1.29, 1.82) is 0 Å². The van der Waals surface area contributed by atoms with E-state index < -0.39 is 12.2 Å². The second-order valence-electron chi connectivity index (χ2n) is 2.51. The molecule has 1 saturated heterocycles. The first-order valence-electron chi connectivity index (χ1n) is 3.83. The van der Waals surface area contributed by atoms with E-state index in [4.69, 9.17) is 13.9 Å². The number of hydrogen-bond donors (Lipinski definition) is 0. The molecule has 0 aromatic heterocycles. The Labute approximate surface area is 71.2 Å². The maximum absolute atomic E-state index is 10.9. The smallest absolute Gasteiger partial charge is 0.333 e.